The standard InChI is InChI=1S/C19H21ClN2O3S/c1-12-9-13(2)19(14(3)10-12)26(24,25)21-15-6-7-17(16(20)11-15)22-8-4-5-18(22)23/h6-7,9-11,21H,4-5,8H2,1-3H3. The Hall–Kier alpha value is -2.05. The zero-order chi connectivity index (χ0) is 19.1. The second kappa shape index (κ2) is 6.93. The summed E-state index contributed by atoms with van der Waals surface area (Å²) in [4.78, 5) is 13.8. The van der Waals surface area contributed by atoms with Gasteiger partial charge in [-0.1, -0.05) is 29.3 Å². The highest BCUT2D eigenvalue weighted by Crippen LogP contribution is 2.33. The first-order valence-corrected chi connectivity index (χ1v) is 10.3. The number of anilines is 2. The quantitative estimate of drug-likeness (QED) is 0.848. The van der Waals surface area contributed by atoms with Crippen molar-refractivity contribution in [3.8, 4) is 0 Å². The molecule has 0 spiro atoms. The van der Waals surface area contributed by atoms with Gasteiger partial charge in [-0.2, -0.15) is 0 Å². The van der Waals surface area contributed by atoms with Crippen molar-refractivity contribution in [3.63, 3.8) is 0 Å². The van der Waals surface area contributed by atoms with Crippen molar-refractivity contribution in [2.24, 2.45) is 0 Å². The Morgan fingerprint density at radius 2 is 1.73 bits per heavy atom. The van der Waals surface area contributed by atoms with Crippen molar-refractivity contribution >= 4 is 38.9 Å². The maximum absolute atomic E-state index is 12.8. The van der Waals surface area contributed by atoms with Crippen molar-refractivity contribution < 1.29 is 13.2 Å². The Labute approximate surface area is 159 Å². The van der Waals surface area contributed by atoms with E-state index in [4.69, 9.17) is 11.6 Å². The lowest BCUT2D eigenvalue weighted by Crippen LogP contribution is -2.24. The first kappa shape index (κ1) is 18.7. The fourth-order valence-electron chi connectivity index (χ4n) is 3.49. The van der Waals surface area contributed by atoms with Crippen LogP contribution in [-0.4, -0.2) is 20.9 Å². The number of nitrogens with zero attached hydrogens (tertiary/aromatic N) is 1. The number of amides is 1. The first-order valence-electron chi connectivity index (χ1n) is 8.39. The van der Waals surface area contributed by atoms with Gasteiger partial charge in [0, 0.05) is 13.0 Å². The van der Waals surface area contributed by atoms with Gasteiger partial charge in [-0.15, -0.1) is 0 Å². The van der Waals surface area contributed by atoms with E-state index in [-0.39, 0.29) is 10.8 Å². The van der Waals surface area contributed by atoms with Gasteiger partial charge in [0.2, 0.25) is 5.91 Å². The molecular formula is C19H21ClN2O3S. The minimum atomic E-state index is -3.74. The Balaban J connectivity index is 1.91. The molecule has 1 aliphatic heterocycles. The van der Waals surface area contributed by atoms with E-state index in [1.807, 2.05) is 19.1 Å². The SMILES string of the molecule is Cc1cc(C)c(S(=O)(=O)Nc2ccc(N3CCCC3=O)c(Cl)c2)c(C)c1. The number of benzene rings is 2. The smallest absolute Gasteiger partial charge is 0.262 e. The van der Waals surface area contributed by atoms with Crippen LogP contribution >= 0.6 is 11.6 Å². The summed E-state index contributed by atoms with van der Waals surface area (Å²) in [7, 11) is -3.74. The fraction of sp³-hybridized carbons (Fsp3) is 0.316. The maximum Gasteiger partial charge on any atom is 0.262 e. The number of nitrogens with one attached hydrogen (secondary N) is 1. The molecule has 0 aromatic heterocycles. The summed E-state index contributed by atoms with van der Waals surface area (Å²) in [6, 6.07) is 8.54. The largest absolute Gasteiger partial charge is 0.311 e. The summed E-state index contributed by atoms with van der Waals surface area (Å²) in [6.45, 7) is 6.13. The van der Waals surface area contributed by atoms with Gasteiger partial charge in [-0.3, -0.25) is 9.52 Å². The lowest BCUT2D eigenvalue weighted by Gasteiger charge is -2.19. The molecule has 1 aliphatic rings. The van der Waals surface area contributed by atoms with Crippen molar-refractivity contribution in [2.75, 3.05) is 16.2 Å². The molecule has 5 nitrogen and oxygen atoms in total. The van der Waals surface area contributed by atoms with Crippen LogP contribution in [0.3, 0.4) is 0 Å². The van der Waals surface area contributed by atoms with Crippen molar-refractivity contribution in [1.29, 1.82) is 0 Å². The van der Waals surface area contributed by atoms with E-state index in [0.29, 0.717) is 40.5 Å². The van der Waals surface area contributed by atoms with Gasteiger partial charge in [0.25, 0.3) is 10.0 Å². The third-order valence-corrected chi connectivity index (χ3v) is 6.43. The Morgan fingerprint density at radius 1 is 1.08 bits per heavy atom. The van der Waals surface area contributed by atoms with E-state index in [9.17, 15) is 13.2 Å². The van der Waals surface area contributed by atoms with Gasteiger partial charge in [-0.25, -0.2) is 8.42 Å². The number of aryl methyl sites for hydroxylation is 3. The van der Waals surface area contributed by atoms with E-state index < -0.39 is 10.0 Å². The molecule has 0 radical (unpaired) electrons. The van der Waals surface area contributed by atoms with Crippen LogP contribution in [0.4, 0.5) is 11.4 Å². The van der Waals surface area contributed by atoms with Crippen LogP contribution < -0.4 is 9.62 Å². The number of carbonyl (C=O) groups is 1. The molecule has 7 heteroatoms. The van der Waals surface area contributed by atoms with E-state index in [2.05, 4.69) is 4.72 Å². The van der Waals surface area contributed by atoms with E-state index in [1.54, 1.807) is 36.9 Å². The molecule has 0 unspecified atom stereocenters. The molecule has 26 heavy (non-hydrogen) atoms. The summed E-state index contributed by atoms with van der Waals surface area (Å²) < 4.78 is 28.3. The third kappa shape index (κ3) is 3.57. The van der Waals surface area contributed by atoms with Crippen LogP contribution in [0.1, 0.15) is 29.5 Å². The minimum absolute atomic E-state index is 0.0335. The van der Waals surface area contributed by atoms with Crippen LogP contribution in [0, 0.1) is 20.8 Å². The predicted octanol–water partition coefficient (Wildman–Crippen LogP) is 4.19. The number of hydrogen-bond acceptors (Lipinski definition) is 3. The average molecular weight is 393 g/mol. The molecule has 0 saturated carbocycles. The monoisotopic (exact) mass is 392 g/mol. The summed E-state index contributed by atoms with van der Waals surface area (Å²) in [6.07, 6.45) is 1.31. The van der Waals surface area contributed by atoms with Crippen LogP contribution in [0.2, 0.25) is 5.02 Å². The number of hydrogen-bond donors (Lipinski definition) is 1. The molecular weight excluding hydrogens is 372 g/mol. The Morgan fingerprint density at radius 3 is 2.27 bits per heavy atom. The van der Waals surface area contributed by atoms with Gasteiger partial charge in [-0.05, 0) is 56.5 Å². The summed E-state index contributed by atoms with van der Waals surface area (Å²) in [5.74, 6) is 0.0335. The molecule has 2 aromatic rings. The molecule has 1 N–H and O–H groups in total. The Bertz CT molecular complexity index is 963. The van der Waals surface area contributed by atoms with Gasteiger partial charge >= 0.3 is 0 Å². The molecule has 1 heterocycles. The van der Waals surface area contributed by atoms with Crippen molar-refractivity contribution in [2.45, 2.75) is 38.5 Å². The molecule has 0 atom stereocenters. The molecule has 1 fully saturated rings. The summed E-state index contributed by atoms with van der Waals surface area (Å²) in [5.41, 5.74) is 3.38. The first-order chi connectivity index (χ1) is 12.2. The topological polar surface area (TPSA) is 66.5 Å². The molecule has 2 aromatic carbocycles. The van der Waals surface area contributed by atoms with Crippen molar-refractivity contribution in [3.05, 3.63) is 52.0 Å². The van der Waals surface area contributed by atoms with Gasteiger partial charge < -0.3 is 4.90 Å². The van der Waals surface area contributed by atoms with E-state index in [0.717, 1.165) is 12.0 Å². The Kier molecular flexibility index (Phi) is 4.99. The second-order valence-electron chi connectivity index (χ2n) is 6.65. The normalized spacial score (nSPS) is 14.8. The van der Waals surface area contributed by atoms with Crippen LogP contribution in [0.25, 0.3) is 0 Å². The summed E-state index contributed by atoms with van der Waals surface area (Å²) in [5, 5.41) is 0.345. The summed E-state index contributed by atoms with van der Waals surface area (Å²) >= 11 is 6.30. The highest BCUT2D eigenvalue weighted by atomic mass is 35.5. The van der Waals surface area contributed by atoms with E-state index in [1.165, 1.54) is 0 Å². The molecule has 0 aliphatic carbocycles. The lowest BCUT2D eigenvalue weighted by atomic mass is 10.1. The number of rotatable bonds is 4. The van der Waals surface area contributed by atoms with Crippen LogP contribution in [-0.2, 0) is 14.8 Å². The van der Waals surface area contributed by atoms with Crippen molar-refractivity contribution in [1.82, 2.24) is 0 Å². The zero-order valence-electron chi connectivity index (χ0n) is 15.0. The van der Waals surface area contributed by atoms with E-state index >= 15 is 0 Å². The lowest BCUT2D eigenvalue weighted by molar-refractivity contribution is -0.117. The molecule has 0 bridgehead atoms. The maximum atomic E-state index is 12.8. The van der Waals surface area contributed by atoms with Gasteiger partial charge in [0.05, 0.1) is 21.3 Å². The number of halogens is 1. The zero-order valence-corrected chi connectivity index (χ0v) is 16.5. The highest BCUT2D eigenvalue weighted by Gasteiger charge is 2.25. The molecule has 1 saturated heterocycles. The number of carbonyl (C=O) groups excluding carboxylic acids is 1. The minimum Gasteiger partial charge on any atom is -0.311 e. The second-order valence-corrected chi connectivity index (χ2v) is 8.67. The van der Waals surface area contributed by atoms with Gasteiger partial charge in [0.1, 0.15) is 0 Å². The average Bonchev–Trinajstić information content (AvgIpc) is 2.91. The number of sulfonamides is 1. The van der Waals surface area contributed by atoms with Crippen LogP contribution in [0.15, 0.2) is 35.2 Å². The fourth-order valence-corrected chi connectivity index (χ4v) is 5.28. The highest BCUT2D eigenvalue weighted by molar-refractivity contribution is 7.92. The van der Waals surface area contributed by atoms with Crippen LogP contribution in [0.5, 0.6) is 0 Å². The molecule has 1 amide bonds. The third-order valence-electron chi connectivity index (χ3n) is 4.44. The van der Waals surface area contributed by atoms with Gasteiger partial charge in [0.15, 0.2) is 0 Å². The molecule has 3 rings (SSSR count). The predicted molar refractivity (Wildman–Crippen MR) is 105 cm³/mol. The molecule has 138 valence electrons.